The van der Waals surface area contributed by atoms with Gasteiger partial charge in [-0.2, -0.15) is 0 Å². The lowest BCUT2D eigenvalue weighted by molar-refractivity contribution is 0.0734. The predicted molar refractivity (Wildman–Crippen MR) is 107 cm³/mol. The number of amides is 1. The van der Waals surface area contributed by atoms with Crippen LogP contribution in [0.5, 0.6) is 0 Å². The topological polar surface area (TPSA) is 58.7 Å². The Labute approximate surface area is 158 Å². The molecule has 2 aliphatic heterocycles. The number of amidine groups is 1. The van der Waals surface area contributed by atoms with Crippen LogP contribution in [0.1, 0.15) is 40.4 Å². The molecule has 1 amide bonds. The molecule has 26 heavy (non-hydrogen) atoms. The van der Waals surface area contributed by atoms with Crippen LogP contribution in [0.25, 0.3) is 0 Å². The highest BCUT2D eigenvalue weighted by molar-refractivity contribution is 8.13. The average Bonchev–Trinajstić information content (AvgIpc) is 2.67. The largest absolute Gasteiger partial charge is 0.379 e. The zero-order valence-electron chi connectivity index (χ0n) is 14.9. The number of aliphatic imine (C=N–C) groups is 1. The Kier molecular flexibility index (Phi) is 4.49. The van der Waals surface area contributed by atoms with Crippen LogP contribution in [-0.4, -0.2) is 28.3 Å². The van der Waals surface area contributed by atoms with E-state index in [1.165, 1.54) is 11.1 Å². The van der Waals surface area contributed by atoms with Crippen molar-refractivity contribution in [3.05, 3.63) is 70.8 Å². The van der Waals surface area contributed by atoms with Gasteiger partial charge in [0.1, 0.15) is 0 Å². The third-order valence-electron chi connectivity index (χ3n) is 5.35. The molecule has 0 aliphatic carbocycles. The first-order chi connectivity index (χ1) is 12.5. The van der Waals surface area contributed by atoms with Gasteiger partial charge in [0.05, 0.1) is 5.54 Å². The summed E-state index contributed by atoms with van der Waals surface area (Å²) in [6, 6.07) is 16.3. The molecule has 4 nitrogen and oxygen atoms in total. The highest BCUT2D eigenvalue weighted by Crippen LogP contribution is 2.35. The summed E-state index contributed by atoms with van der Waals surface area (Å²) in [6.45, 7) is 3.54. The molecule has 2 heterocycles. The molecule has 4 rings (SSSR count). The van der Waals surface area contributed by atoms with Crippen molar-refractivity contribution in [3.63, 3.8) is 0 Å². The van der Waals surface area contributed by atoms with Crippen molar-refractivity contribution in [1.29, 1.82) is 0 Å². The van der Waals surface area contributed by atoms with Gasteiger partial charge in [-0.1, -0.05) is 48.2 Å². The van der Waals surface area contributed by atoms with Gasteiger partial charge in [0.2, 0.25) is 0 Å². The van der Waals surface area contributed by atoms with E-state index in [1.54, 1.807) is 11.8 Å². The zero-order valence-corrected chi connectivity index (χ0v) is 15.8. The summed E-state index contributed by atoms with van der Waals surface area (Å²) in [6.07, 6.45) is 1.84. The van der Waals surface area contributed by atoms with Crippen molar-refractivity contribution >= 4 is 22.8 Å². The summed E-state index contributed by atoms with van der Waals surface area (Å²) >= 11 is 1.59. The van der Waals surface area contributed by atoms with Crippen LogP contribution in [0.2, 0.25) is 0 Å². The van der Waals surface area contributed by atoms with Gasteiger partial charge >= 0.3 is 0 Å². The fourth-order valence-corrected chi connectivity index (χ4v) is 4.71. The molecule has 2 N–H and O–H groups in total. The molecule has 2 aromatic carbocycles. The molecule has 0 fully saturated rings. The van der Waals surface area contributed by atoms with E-state index in [2.05, 4.69) is 36.2 Å². The van der Waals surface area contributed by atoms with Crippen LogP contribution in [0.3, 0.4) is 0 Å². The number of nitrogens with two attached hydrogens (primary N) is 1. The molecule has 0 aromatic heterocycles. The van der Waals surface area contributed by atoms with Crippen molar-refractivity contribution in [2.24, 2.45) is 10.7 Å². The second-order valence-corrected chi connectivity index (χ2v) is 8.26. The minimum Gasteiger partial charge on any atom is -0.379 e. The maximum absolute atomic E-state index is 13.1. The first-order valence-corrected chi connectivity index (χ1v) is 9.98. The number of hydrogen-bond acceptors (Lipinski definition) is 4. The summed E-state index contributed by atoms with van der Waals surface area (Å²) in [5.41, 5.74) is 9.99. The van der Waals surface area contributed by atoms with Crippen molar-refractivity contribution in [2.45, 2.75) is 31.8 Å². The Morgan fingerprint density at radius 1 is 1.19 bits per heavy atom. The van der Waals surface area contributed by atoms with Gasteiger partial charge in [-0.15, -0.1) is 0 Å². The molecule has 134 valence electrons. The fraction of sp³-hybridized carbons (Fsp3) is 0.333. The molecular formula is C21H23N3OS. The summed E-state index contributed by atoms with van der Waals surface area (Å²) in [5, 5.41) is 0.628. The lowest BCUT2D eigenvalue weighted by atomic mass is 9.88. The lowest BCUT2D eigenvalue weighted by Gasteiger charge is -2.31. The highest BCUT2D eigenvalue weighted by atomic mass is 32.2. The van der Waals surface area contributed by atoms with Gasteiger partial charge in [0.25, 0.3) is 5.91 Å². The van der Waals surface area contributed by atoms with Crippen LogP contribution in [-0.2, 0) is 18.5 Å². The fourth-order valence-electron chi connectivity index (χ4n) is 3.73. The molecule has 0 spiro atoms. The summed E-state index contributed by atoms with van der Waals surface area (Å²) in [7, 11) is 0. The zero-order chi connectivity index (χ0) is 18.1. The lowest BCUT2D eigenvalue weighted by Crippen LogP contribution is -2.36. The van der Waals surface area contributed by atoms with Crippen molar-refractivity contribution in [1.82, 2.24) is 4.90 Å². The first-order valence-electron chi connectivity index (χ1n) is 9.00. The Morgan fingerprint density at radius 3 is 2.81 bits per heavy atom. The number of carbonyl (C=O) groups is 1. The number of hydrogen-bond donors (Lipinski definition) is 1. The molecule has 0 saturated carbocycles. The molecule has 0 bridgehead atoms. The van der Waals surface area contributed by atoms with E-state index in [0.29, 0.717) is 11.7 Å². The standard InChI is InChI=1S/C21H23N3OS/c1-21(10-12-26-20(22)23-21)18-8-4-7-16(13-18)19(25)24-11-9-15-5-2-3-6-17(15)14-24/h2-8,13H,9-12,14H2,1H3,(H2,22,23). The second-order valence-electron chi connectivity index (χ2n) is 7.15. The van der Waals surface area contributed by atoms with E-state index in [-0.39, 0.29) is 11.4 Å². The van der Waals surface area contributed by atoms with E-state index in [0.717, 1.165) is 36.3 Å². The SMILES string of the molecule is CC1(c2cccc(C(=O)N3CCc4ccccc4C3)c2)CCSC(N)=N1. The molecular weight excluding hydrogens is 342 g/mol. The van der Waals surface area contributed by atoms with E-state index >= 15 is 0 Å². The van der Waals surface area contributed by atoms with Gasteiger partial charge in [-0.25, -0.2) is 0 Å². The Balaban J connectivity index is 1.59. The number of carbonyl (C=O) groups excluding carboxylic acids is 1. The predicted octanol–water partition coefficient (Wildman–Crippen LogP) is 3.55. The van der Waals surface area contributed by atoms with Gasteiger partial charge < -0.3 is 10.6 Å². The van der Waals surface area contributed by atoms with Crippen LogP contribution < -0.4 is 5.73 Å². The minimum absolute atomic E-state index is 0.0899. The number of rotatable bonds is 2. The number of benzene rings is 2. The van der Waals surface area contributed by atoms with Crippen LogP contribution >= 0.6 is 11.8 Å². The quantitative estimate of drug-likeness (QED) is 0.885. The molecule has 0 radical (unpaired) electrons. The summed E-state index contributed by atoms with van der Waals surface area (Å²) < 4.78 is 0. The number of nitrogens with zero attached hydrogens (tertiary/aromatic N) is 2. The molecule has 1 unspecified atom stereocenters. The maximum atomic E-state index is 13.1. The third-order valence-corrected chi connectivity index (χ3v) is 6.14. The summed E-state index contributed by atoms with van der Waals surface area (Å²) in [5.74, 6) is 1.04. The second kappa shape index (κ2) is 6.80. The Morgan fingerprint density at radius 2 is 2.00 bits per heavy atom. The van der Waals surface area contributed by atoms with Crippen LogP contribution in [0.4, 0.5) is 0 Å². The van der Waals surface area contributed by atoms with Crippen LogP contribution in [0.15, 0.2) is 53.5 Å². The smallest absolute Gasteiger partial charge is 0.254 e. The summed E-state index contributed by atoms with van der Waals surface area (Å²) in [4.78, 5) is 19.7. The normalized spacial score (nSPS) is 22.5. The third kappa shape index (κ3) is 3.23. The monoisotopic (exact) mass is 365 g/mol. The Bertz CT molecular complexity index is 879. The van der Waals surface area contributed by atoms with Crippen molar-refractivity contribution in [2.75, 3.05) is 12.3 Å². The van der Waals surface area contributed by atoms with E-state index in [4.69, 9.17) is 5.73 Å². The van der Waals surface area contributed by atoms with Crippen molar-refractivity contribution in [3.8, 4) is 0 Å². The van der Waals surface area contributed by atoms with Crippen molar-refractivity contribution < 1.29 is 4.79 Å². The molecule has 5 heteroatoms. The maximum Gasteiger partial charge on any atom is 0.254 e. The van der Waals surface area contributed by atoms with Gasteiger partial charge in [0.15, 0.2) is 5.17 Å². The van der Waals surface area contributed by atoms with E-state index in [9.17, 15) is 4.79 Å². The molecule has 1 atom stereocenters. The highest BCUT2D eigenvalue weighted by Gasteiger charge is 2.30. The number of fused-ring (bicyclic) bond motifs is 1. The molecule has 2 aliphatic rings. The molecule has 2 aromatic rings. The number of thioether (sulfide) groups is 1. The average molecular weight is 366 g/mol. The van der Waals surface area contributed by atoms with E-state index < -0.39 is 0 Å². The first kappa shape index (κ1) is 17.2. The van der Waals surface area contributed by atoms with Crippen LogP contribution in [0, 0.1) is 0 Å². The minimum atomic E-state index is -0.347. The van der Waals surface area contributed by atoms with Gasteiger partial charge in [-0.3, -0.25) is 9.79 Å². The molecule has 0 saturated heterocycles. The van der Waals surface area contributed by atoms with E-state index in [1.807, 2.05) is 29.2 Å². The van der Waals surface area contributed by atoms with Gasteiger partial charge in [0, 0.05) is 24.4 Å². The Hall–Kier alpha value is -2.27. The van der Waals surface area contributed by atoms with Gasteiger partial charge in [-0.05, 0) is 48.6 Å².